The van der Waals surface area contributed by atoms with Crippen molar-refractivity contribution in [3.63, 3.8) is 0 Å². The van der Waals surface area contributed by atoms with Crippen molar-refractivity contribution < 1.29 is 9.53 Å². The number of benzene rings is 1. The van der Waals surface area contributed by atoms with Gasteiger partial charge >= 0.3 is 5.97 Å². The van der Waals surface area contributed by atoms with Crippen molar-refractivity contribution in [1.29, 1.82) is 0 Å². The fourth-order valence-corrected chi connectivity index (χ4v) is 2.53. The summed E-state index contributed by atoms with van der Waals surface area (Å²) in [6.45, 7) is 3.49. The van der Waals surface area contributed by atoms with Gasteiger partial charge in [-0.05, 0) is 37.6 Å². The molecule has 1 aromatic heterocycles. The van der Waals surface area contributed by atoms with Crippen molar-refractivity contribution in [2.75, 3.05) is 7.11 Å². The number of carbonyl (C=O) groups is 1. The molecule has 0 aliphatic rings. The van der Waals surface area contributed by atoms with E-state index in [-0.39, 0.29) is 17.3 Å². The number of nitrogens with zero attached hydrogens (tertiary/aromatic N) is 2. The average Bonchev–Trinajstić information content (AvgIpc) is 2.37. The molecule has 0 spiro atoms. The maximum Gasteiger partial charge on any atom is 0.307 e. The summed E-state index contributed by atoms with van der Waals surface area (Å²) in [6, 6.07) is 6.96. The minimum Gasteiger partial charge on any atom is -0.469 e. The van der Waals surface area contributed by atoms with Crippen molar-refractivity contribution in [2.24, 2.45) is 0 Å². The van der Waals surface area contributed by atoms with E-state index in [1.54, 1.807) is 38.1 Å². The molecule has 20 heavy (non-hydrogen) atoms. The molecule has 0 amide bonds. The van der Waals surface area contributed by atoms with Crippen molar-refractivity contribution in [1.82, 2.24) is 9.55 Å². The first kappa shape index (κ1) is 14.5. The van der Waals surface area contributed by atoms with E-state index in [2.05, 4.69) is 9.72 Å². The van der Waals surface area contributed by atoms with Crippen LogP contribution in [0, 0.1) is 0 Å². The maximum absolute atomic E-state index is 12.6. The lowest BCUT2D eigenvalue weighted by Gasteiger charge is -2.27. The molecule has 0 saturated heterocycles. The fourth-order valence-electron chi connectivity index (χ4n) is 2.13. The van der Waals surface area contributed by atoms with Crippen LogP contribution in [0.4, 0.5) is 0 Å². The highest BCUT2D eigenvalue weighted by Gasteiger charge is 2.29. The first-order valence-electron chi connectivity index (χ1n) is 6.11. The second-order valence-electron chi connectivity index (χ2n) is 5.10. The fraction of sp³-hybridized carbons (Fsp3) is 0.357. The predicted molar refractivity (Wildman–Crippen MR) is 77.0 cm³/mol. The van der Waals surface area contributed by atoms with Crippen molar-refractivity contribution >= 4 is 28.5 Å². The number of fused-ring (bicyclic) bond motifs is 1. The van der Waals surface area contributed by atoms with Crippen molar-refractivity contribution in [2.45, 2.75) is 25.8 Å². The molecule has 0 fully saturated rings. The van der Waals surface area contributed by atoms with E-state index in [9.17, 15) is 9.59 Å². The molecule has 6 heteroatoms. The smallest absolute Gasteiger partial charge is 0.307 e. The zero-order valence-electron chi connectivity index (χ0n) is 11.5. The Morgan fingerprint density at radius 3 is 2.70 bits per heavy atom. The van der Waals surface area contributed by atoms with E-state index >= 15 is 0 Å². The number of rotatable bonds is 3. The Kier molecular flexibility index (Phi) is 3.81. The van der Waals surface area contributed by atoms with Crippen LogP contribution in [0.25, 0.3) is 10.9 Å². The van der Waals surface area contributed by atoms with Gasteiger partial charge in [0.1, 0.15) is 0 Å². The van der Waals surface area contributed by atoms with Gasteiger partial charge in [0.2, 0.25) is 5.28 Å². The SMILES string of the molecule is COC(=O)CC(C)(C)n1c(Cl)nc2ccccc2c1=O. The van der Waals surface area contributed by atoms with Crippen LogP contribution in [0.1, 0.15) is 20.3 Å². The second kappa shape index (κ2) is 5.25. The number of carbonyl (C=O) groups excluding carboxylic acids is 1. The Bertz CT molecular complexity index is 722. The largest absolute Gasteiger partial charge is 0.469 e. The summed E-state index contributed by atoms with van der Waals surface area (Å²) in [5, 5.41) is 0.525. The van der Waals surface area contributed by atoms with Crippen LogP contribution in [0.2, 0.25) is 5.28 Å². The quantitative estimate of drug-likeness (QED) is 0.644. The summed E-state index contributed by atoms with van der Waals surface area (Å²) in [5.41, 5.74) is -0.555. The van der Waals surface area contributed by atoms with Gasteiger partial charge in [0.05, 0.1) is 30.0 Å². The first-order valence-corrected chi connectivity index (χ1v) is 6.49. The number of hydrogen-bond acceptors (Lipinski definition) is 4. The van der Waals surface area contributed by atoms with Gasteiger partial charge < -0.3 is 4.74 Å². The molecule has 0 N–H and O–H groups in total. The molecule has 1 heterocycles. The van der Waals surface area contributed by atoms with E-state index in [0.29, 0.717) is 10.9 Å². The third-order valence-electron chi connectivity index (χ3n) is 3.14. The Morgan fingerprint density at radius 1 is 1.40 bits per heavy atom. The highest BCUT2D eigenvalue weighted by Crippen LogP contribution is 2.23. The number of methoxy groups -OCH3 is 1. The van der Waals surface area contributed by atoms with E-state index in [4.69, 9.17) is 11.6 Å². The summed E-state index contributed by atoms with van der Waals surface area (Å²) in [7, 11) is 1.31. The highest BCUT2D eigenvalue weighted by atomic mass is 35.5. The molecule has 0 atom stereocenters. The molecule has 0 aliphatic carbocycles. The molecular formula is C14H15ClN2O3. The summed E-state index contributed by atoms with van der Waals surface area (Å²) >= 11 is 6.12. The number of halogens is 1. The van der Waals surface area contributed by atoms with Gasteiger partial charge in [-0.25, -0.2) is 4.98 Å². The molecule has 5 nitrogen and oxygen atoms in total. The summed E-state index contributed by atoms with van der Waals surface area (Å²) in [6.07, 6.45) is 0.0309. The van der Waals surface area contributed by atoms with Gasteiger partial charge in [0, 0.05) is 0 Å². The third kappa shape index (κ3) is 2.54. The van der Waals surface area contributed by atoms with Gasteiger partial charge in [-0.1, -0.05) is 12.1 Å². The number of esters is 1. The van der Waals surface area contributed by atoms with Crippen molar-refractivity contribution in [3.8, 4) is 0 Å². The van der Waals surface area contributed by atoms with E-state index < -0.39 is 11.5 Å². The molecular weight excluding hydrogens is 280 g/mol. The molecule has 0 saturated carbocycles. The zero-order chi connectivity index (χ0) is 14.9. The summed E-state index contributed by atoms with van der Waals surface area (Å²) < 4.78 is 5.98. The number of aromatic nitrogens is 2. The van der Waals surface area contributed by atoms with Crippen LogP contribution in [0.15, 0.2) is 29.1 Å². The Balaban J connectivity index is 2.65. The minimum atomic E-state index is -0.821. The maximum atomic E-state index is 12.6. The van der Waals surface area contributed by atoms with Gasteiger partial charge in [-0.3, -0.25) is 14.2 Å². The molecule has 2 rings (SSSR count). The summed E-state index contributed by atoms with van der Waals surface area (Å²) in [4.78, 5) is 28.3. The van der Waals surface area contributed by atoms with Gasteiger partial charge in [-0.2, -0.15) is 0 Å². The van der Waals surface area contributed by atoms with Crippen LogP contribution in [-0.4, -0.2) is 22.6 Å². The van der Waals surface area contributed by atoms with Crippen LogP contribution < -0.4 is 5.56 Å². The lowest BCUT2D eigenvalue weighted by molar-refractivity contribution is -0.142. The standard InChI is InChI=1S/C14H15ClN2O3/c1-14(2,8-11(18)20-3)17-12(19)9-6-4-5-7-10(9)16-13(17)15/h4-7H,8H2,1-3H3. The first-order chi connectivity index (χ1) is 9.36. The molecule has 0 radical (unpaired) electrons. The lowest BCUT2D eigenvalue weighted by Crippen LogP contribution is -2.39. The topological polar surface area (TPSA) is 61.2 Å². The number of ether oxygens (including phenoxy) is 1. The van der Waals surface area contributed by atoms with Crippen LogP contribution in [0.5, 0.6) is 0 Å². The van der Waals surface area contributed by atoms with Crippen LogP contribution in [-0.2, 0) is 15.1 Å². The lowest BCUT2D eigenvalue weighted by atomic mass is 10.00. The molecule has 106 valence electrons. The Morgan fingerprint density at radius 2 is 2.05 bits per heavy atom. The van der Waals surface area contributed by atoms with E-state index in [1.165, 1.54) is 11.7 Å². The van der Waals surface area contributed by atoms with Gasteiger partial charge in [0.15, 0.2) is 0 Å². The molecule has 1 aromatic carbocycles. The molecule has 0 unspecified atom stereocenters. The minimum absolute atomic E-state index is 0.0309. The number of para-hydroxylation sites is 1. The molecule has 2 aromatic rings. The summed E-state index contributed by atoms with van der Waals surface area (Å²) in [5.74, 6) is -0.411. The predicted octanol–water partition coefficient (Wildman–Crippen LogP) is 2.35. The van der Waals surface area contributed by atoms with E-state index in [1.807, 2.05) is 0 Å². The van der Waals surface area contributed by atoms with Crippen LogP contribution in [0.3, 0.4) is 0 Å². The average molecular weight is 295 g/mol. The van der Waals surface area contributed by atoms with Crippen LogP contribution >= 0.6 is 11.6 Å². The van der Waals surface area contributed by atoms with E-state index in [0.717, 1.165) is 0 Å². The Hall–Kier alpha value is -1.88. The van der Waals surface area contributed by atoms with Gasteiger partial charge in [0.25, 0.3) is 5.56 Å². The molecule has 0 aliphatic heterocycles. The second-order valence-corrected chi connectivity index (χ2v) is 5.44. The monoisotopic (exact) mass is 294 g/mol. The third-order valence-corrected chi connectivity index (χ3v) is 3.40. The highest BCUT2D eigenvalue weighted by molar-refractivity contribution is 6.28. The van der Waals surface area contributed by atoms with Crippen molar-refractivity contribution in [3.05, 3.63) is 39.9 Å². The van der Waals surface area contributed by atoms with Gasteiger partial charge in [-0.15, -0.1) is 0 Å². The Labute approximate surface area is 121 Å². The molecule has 0 bridgehead atoms. The zero-order valence-corrected chi connectivity index (χ0v) is 12.3. The normalized spacial score (nSPS) is 11.6. The number of hydrogen-bond donors (Lipinski definition) is 0.